The van der Waals surface area contributed by atoms with Gasteiger partial charge >= 0.3 is 6.18 Å². The minimum Gasteiger partial charge on any atom is -0.299 e. The lowest BCUT2D eigenvalue weighted by Gasteiger charge is -2.07. The molecular weight excluding hydrogens is 273 g/mol. The smallest absolute Gasteiger partial charge is 0.299 e. The summed E-state index contributed by atoms with van der Waals surface area (Å²) in [5.74, 6) is 0. The third kappa shape index (κ3) is 3.51. The summed E-state index contributed by atoms with van der Waals surface area (Å²) in [6.45, 7) is 0. The summed E-state index contributed by atoms with van der Waals surface area (Å²) in [6, 6.07) is 3.46. The van der Waals surface area contributed by atoms with Gasteiger partial charge in [-0.3, -0.25) is 4.79 Å². The van der Waals surface area contributed by atoms with E-state index in [9.17, 15) is 18.0 Å². The fourth-order valence-corrected chi connectivity index (χ4v) is 1.53. The first-order valence-corrected chi connectivity index (χ1v) is 4.72. The highest BCUT2D eigenvalue weighted by molar-refractivity contribution is 9.10. The lowest BCUT2D eigenvalue weighted by molar-refractivity contribution is -0.137. The Hall–Kier alpha value is -1.10. The van der Waals surface area contributed by atoms with E-state index in [1.54, 1.807) is 0 Å². The third-order valence-electron chi connectivity index (χ3n) is 1.61. The van der Waals surface area contributed by atoms with Crippen LogP contribution in [-0.2, 0) is 11.0 Å². The van der Waals surface area contributed by atoms with Crippen LogP contribution in [0.4, 0.5) is 13.2 Å². The van der Waals surface area contributed by atoms with Gasteiger partial charge in [0.05, 0.1) is 5.56 Å². The van der Waals surface area contributed by atoms with Crippen molar-refractivity contribution in [2.75, 3.05) is 0 Å². The lowest BCUT2D eigenvalue weighted by Crippen LogP contribution is -2.04. The number of halogens is 4. The molecule has 5 heteroatoms. The summed E-state index contributed by atoms with van der Waals surface area (Å²) in [5, 5.41) is 0. The van der Waals surface area contributed by atoms with Gasteiger partial charge in [0.1, 0.15) is 6.29 Å². The number of alkyl halides is 3. The predicted octanol–water partition coefficient (Wildman–Crippen LogP) is 3.68. The fourth-order valence-electron chi connectivity index (χ4n) is 1.02. The molecule has 0 spiro atoms. The summed E-state index contributed by atoms with van der Waals surface area (Å²) in [6.07, 6.45) is -1.42. The maximum atomic E-state index is 12.4. The number of carbonyl (C=O) groups is 1. The normalized spacial score (nSPS) is 12.0. The average Bonchev–Trinajstić information content (AvgIpc) is 2.12. The molecule has 0 atom stereocenters. The number of allylic oxidation sites excluding steroid dienone is 1. The monoisotopic (exact) mass is 278 g/mol. The number of rotatable bonds is 2. The molecule has 0 unspecified atom stereocenters. The Labute approximate surface area is 92.7 Å². The summed E-state index contributed by atoms with van der Waals surface area (Å²) in [5.41, 5.74) is -0.425. The maximum Gasteiger partial charge on any atom is 0.416 e. The second kappa shape index (κ2) is 4.61. The van der Waals surface area contributed by atoms with Gasteiger partial charge < -0.3 is 0 Å². The zero-order valence-corrected chi connectivity index (χ0v) is 8.97. The number of aldehydes is 1. The molecule has 80 valence electrons. The van der Waals surface area contributed by atoms with Gasteiger partial charge in [-0.2, -0.15) is 13.2 Å². The summed E-state index contributed by atoms with van der Waals surface area (Å²) in [7, 11) is 0. The number of benzene rings is 1. The Morgan fingerprint density at radius 3 is 2.40 bits per heavy atom. The largest absolute Gasteiger partial charge is 0.416 e. The molecule has 0 N–H and O–H groups in total. The number of carbonyl (C=O) groups excluding carboxylic acids is 1. The van der Waals surface area contributed by atoms with Gasteiger partial charge in [-0.05, 0) is 29.8 Å². The molecule has 0 saturated heterocycles. The average molecular weight is 279 g/mol. The number of hydrogen-bond donors (Lipinski definition) is 0. The van der Waals surface area contributed by atoms with Crippen molar-refractivity contribution >= 4 is 28.3 Å². The third-order valence-corrected chi connectivity index (χ3v) is 2.07. The van der Waals surface area contributed by atoms with E-state index in [-0.39, 0.29) is 0 Å². The zero-order valence-electron chi connectivity index (χ0n) is 7.38. The predicted molar refractivity (Wildman–Crippen MR) is 54.2 cm³/mol. The van der Waals surface area contributed by atoms with E-state index in [4.69, 9.17) is 0 Å². The maximum absolute atomic E-state index is 12.4. The lowest BCUT2D eigenvalue weighted by atomic mass is 10.1. The fraction of sp³-hybridized carbons (Fsp3) is 0.100. The zero-order chi connectivity index (χ0) is 11.5. The molecule has 1 rings (SSSR count). The second-order valence-electron chi connectivity index (χ2n) is 2.77. The van der Waals surface area contributed by atoms with Gasteiger partial charge in [-0.1, -0.05) is 22.0 Å². The van der Waals surface area contributed by atoms with Crippen molar-refractivity contribution in [3.63, 3.8) is 0 Å². The van der Waals surface area contributed by atoms with Crippen LogP contribution in [-0.4, -0.2) is 6.29 Å². The van der Waals surface area contributed by atoms with Crippen LogP contribution in [0, 0.1) is 0 Å². The minimum atomic E-state index is -4.38. The molecule has 0 heterocycles. The van der Waals surface area contributed by atoms with Crippen molar-refractivity contribution in [1.82, 2.24) is 0 Å². The van der Waals surface area contributed by atoms with Crippen LogP contribution in [0.2, 0.25) is 0 Å². The van der Waals surface area contributed by atoms with Crippen molar-refractivity contribution in [3.05, 3.63) is 39.9 Å². The van der Waals surface area contributed by atoms with E-state index < -0.39 is 11.7 Å². The van der Waals surface area contributed by atoms with Crippen LogP contribution >= 0.6 is 15.9 Å². The first-order valence-electron chi connectivity index (χ1n) is 3.93. The van der Waals surface area contributed by atoms with E-state index >= 15 is 0 Å². The van der Waals surface area contributed by atoms with E-state index in [0.29, 0.717) is 16.3 Å². The van der Waals surface area contributed by atoms with Crippen LogP contribution in [0.5, 0.6) is 0 Å². The molecular formula is C10H6BrF3O. The first kappa shape index (κ1) is 12.0. The molecule has 0 amide bonds. The Bertz CT molecular complexity index is 396. The second-order valence-corrected chi connectivity index (χ2v) is 3.68. The Kier molecular flexibility index (Phi) is 3.68. The number of hydrogen-bond acceptors (Lipinski definition) is 1. The van der Waals surface area contributed by atoms with Crippen LogP contribution in [0.15, 0.2) is 28.7 Å². The molecule has 0 fully saturated rings. The van der Waals surface area contributed by atoms with E-state index in [1.807, 2.05) is 0 Å². The van der Waals surface area contributed by atoms with Crippen molar-refractivity contribution in [2.45, 2.75) is 6.18 Å². The molecule has 0 aliphatic carbocycles. The quantitative estimate of drug-likeness (QED) is 0.596. The van der Waals surface area contributed by atoms with Crippen molar-refractivity contribution in [3.8, 4) is 0 Å². The van der Waals surface area contributed by atoms with Gasteiger partial charge in [-0.15, -0.1) is 0 Å². The molecule has 0 aromatic heterocycles. The molecule has 1 aromatic carbocycles. The standard InChI is InChI=1S/C10H6BrF3O/c11-9-5-7(2-1-3-15)4-8(6-9)10(12,13)14/h1-6H. The van der Waals surface area contributed by atoms with Crippen molar-refractivity contribution in [1.29, 1.82) is 0 Å². The van der Waals surface area contributed by atoms with E-state index in [2.05, 4.69) is 15.9 Å². The molecule has 0 radical (unpaired) electrons. The molecule has 0 aliphatic rings. The van der Waals surface area contributed by atoms with Crippen LogP contribution in [0.1, 0.15) is 11.1 Å². The van der Waals surface area contributed by atoms with Crippen LogP contribution < -0.4 is 0 Å². The Balaban J connectivity index is 3.16. The van der Waals surface area contributed by atoms with Crippen LogP contribution in [0.3, 0.4) is 0 Å². The highest BCUT2D eigenvalue weighted by Crippen LogP contribution is 2.32. The van der Waals surface area contributed by atoms with Gasteiger partial charge in [0.2, 0.25) is 0 Å². The molecule has 1 aromatic rings. The first-order chi connectivity index (χ1) is 6.93. The van der Waals surface area contributed by atoms with Crippen LogP contribution in [0.25, 0.3) is 6.08 Å². The van der Waals surface area contributed by atoms with Gasteiger partial charge in [0.25, 0.3) is 0 Å². The highest BCUT2D eigenvalue weighted by Gasteiger charge is 2.30. The highest BCUT2D eigenvalue weighted by atomic mass is 79.9. The van der Waals surface area contributed by atoms with E-state index in [0.717, 1.165) is 18.2 Å². The van der Waals surface area contributed by atoms with Gasteiger partial charge in [-0.25, -0.2) is 0 Å². The summed E-state index contributed by atoms with van der Waals surface area (Å²) >= 11 is 2.98. The topological polar surface area (TPSA) is 17.1 Å². The Morgan fingerprint density at radius 1 is 1.20 bits per heavy atom. The summed E-state index contributed by atoms with van der Waals surface area (Å²) < 4.78 is 37.4. The molecule has 0 saturated carbocycles. The van der Waals surface area contributed by atoms with Crippen molar-refractivity contribution in [2.24, 2.45) is 0 Å². The van der Waals surface area contributed by atoms with E-state index in [1.165, 1.54) is 12.1 Å². The van der Waals surface area contributed by atoms with Gasteiger partial charge in [0.15, 0.2) is 0 Å². The SMILES string of the molecule is O=CC=Cc1cc(Br)cc(C(F)(F)F)c1. The van der Waals surface area contributed by atoms with Crippen molar-refractivity contribution < 1.29 is 18.0 Å². The van der Waals surface area contributed by atoms with Gasteiger partial charge in [0, 0.05) is 4.47 Å². The molecule has 1 nitrogen and oxygen atoms in total. The molecule has 0 bridgehead atoms. The summed E-state index contributed by atoms with van der Waals surface area (Å²) in [4.78, 5) is 10.0. The molecule has 0 aliphatic heterocycles. The minimum absolute atomic E-state index is 0.322. The Morgan fingerprint density at radius 2 is 1.87 bits per heavy atom. The molecule has 15 heavy (non-hydrogen) atoms.